The number of benzene rings is 2. The van der Waals surface area contributed by atoms with E-state index in [-0.39, 0.29) is 5.82 Å². The average molecular weight is 288 g/mol. The maximum absolute atomic E-state index is 14.0. The van der Waals surface area contributed by atoms with Crippen LogP contribution in [-0.4, -0.2) is 20.2 Å². The normalized spacial score (nSPS) is 10.4. The van der Waals surface area contributed by atoms with Gasteiger partial charge in [-0.3, -0.25) is 0 Å². The average Bonchev–Trinajstić information content (AvgIpc) is 2.52. The zero-order valence-corrected chi connectivity index (χ0v) is 12.3. The summed E-state index contributed by atoms with van der Waals surface area (Å²) in [5, 5.41) is 0. The minimum Gasteiger partial charge on any atom is -0.497 e. The largest absolute Gasteiger partial charge is 0.497 e. The van der Waals surface area contributed by atoms with Gasteiger partial charge in [-0.15, -0.1) is 0 Å². The van der Waals surface area contributed by atoms with Crippen LogP contribution in [0.3, 0.4) is 0 Å². The molecule has 21 heavy (non-hydrogen) atoms. The topological polar surface area (TPSA) is 38.5 Å². The van der Waals surface area contributed by atoms with Gasteiger partial charge in [0.15, 0.2) is 0 Å². The fourth-order valence-corrected chi connectivity index (χ4v) is 2.27. The maximum atomic E-state index is 14.0. The lowest BCUT2D eigenvalue weighted by Gasteiger charge is -2.25. The molecule has 2 aromatic rings. The van der Waals surface area contributed by atoms with Crippen molar-refractivity contribution in [2.45, 2.75) is 13.0 Å². The molecule has 2 rings (SSSR count). The molecule has 0 amide bonds. The Morgan fingerprint density at radius 3 is 2.67 bits per heavy atom. The molecule has 0 bridgehead atoms. The van der Waals surface area contributed by atoms with Gasteiger partial charge in [-0.1, -0.05) is 24.3 Å². The number of hydrogen-bond acceptors (Lipinski definition) is 3. The molecule has 3 nitrogen and oxygen atoms in total. The van der Waals surface area contributed by atoms with Gasteiger partial charge >= 0.3 is 0 Å². The Hall–Kier alpha value is -2.07. The number of anilines is 1. The smallest absolute Gasteiger partial charge is 0.146 e. The Kier molecular flexibility index (Phi) is 5.58. The van der Waals surface area contributed by atoms with E-state index in [4.69, 9.17) is 10.5 Å². The first-order valence-electron chi connectivity index (χ1n) is 7.07. The molecule has 0 spiro atoms. The summed E-state index contributed by atoms with van der Waals surface area (Å²) in [7, 11) is 1.64. The second kappa shape index (κ2) is 7.64. The summed E-state index contributed by atoms with van der Waals surface area (Å²) < 4.78 is 19.3. The van der Waals surface area contributed by atoms with Crippen molar-refractivity contribution in [3.63, 3.8) is 0 Å². The molecule has 0 atom stereocenters. The third-order valence-corrected chi connectivity index (χ3v) is 3.33. The van der Waals surface area contributed by atoms with Crippen LogP contribution in [-0.2, 0) is 6.54 Å². The van der Waals surface area contributed by atoms with Crippen LogP contribution in [0.4, 0.5) is 10.1 Å². The van der Waals surface area contributed by atoms with Crippen molar-refractivity contribution in [1.82, 2.24) is 0 Å². The molecular weight excluding hydrogens is 267 g/mol. The van der Waals surface area contributed by atoms with Crippen LogP contribution in [0, 0.1) is 5.82 Å². The highest BCUT2D eigenvalue weighted by atomic mass is 19.1. The van der Waals surface area contributed by atoms with Crippen LogP contribution >= 0.6 is 0 Å². The molecule has 0 saturated carbocycles. The third-order valence-electron chi connectivity index (χ3n) is 3.33. The molecule has 2 N–H and O–H groups in total. The third kappa shape index (κ3) is 4.20. The quantitative estimate of drug-likeness (QED) is 0.850. The van der Waals surface area contributed by atoms with E-state index in [0.717, 1.165) is 17.7 Å². The van der Waals surface area contributed by atoms with Crippen molar-refractivity contribution >= 4 is 5.69 Å². The molecule has 0 radical (unpaired) electrons. The molecular formula is C17H21FN2O. The lowest BCUT2D eigenvalue weighted by Crippen LogP contribution is -2.26. The fraction of sp³-hybridized carbons (Fsp3) is 0.294. The number of nitrogens with two attached hydrogens (primary N) is 1. The predicted molar refractivity (Wildman–Crippen MR) is 84.1 cm³/mol. The number of rotatable bonds is 7. The van der Waals surface area contributed by atoms with Crippen LogP contribution in [0.15, 0.2) is 48.5 Å². The van der Waals surface area contributed by atoms with Crippen LogP contribution in [0.2, 0.25) is 0 Å². The Bertz CT molecular complexity index is 574. The van der Waals surface area contributed by atoms with Gasteiger partial charge in [-0.2, -0.15) is 0 Å². The maximum Gasteiger partial charge on any atom is 0.146 e. The summed E-state index contributed by atoms with van der Waals surface area (Å²) in [5.74, 6) is 0.595. The molecule has 2 aromatic carbocycles. The summed E-state index contributed by atoms with van der Waals surface area (Å²) in [6.07, 6.45) is 0.818. The Morgan fingerprint density at radius 2 is 1.95 bits per heavy atom. The minimum atomic E-state index is -0.211. The van der Waals surface area contributed by atoms with Crippen LogP contribution in [0.5, 0.6) is 5.75 Å². The first kappa shape index (κ1) is 15.3. The van der Waals surface area contributed by atoms with E-state index in [2.05, 4.69) is 0 Å². The lowest BCUT2D eigenvalue weighted by atomic mass is 10.1. The predicted octanol–water partition coefficient (Wildman–Crippen LogP) is 3.19. The van der Waals surface area contributed by atoms with E-state index in [1.807, 2.05) is 35.2 Å². The van der Waals surface area contributed by atoms with E-state index in [1.54, 1.807) is 19.2 Å². The first-order chi connectivity index (χ1) is 10.2. The van der Waals surface area contributed by atoms with Crippen molar-refractivity contribution in [3.8, 4) is 5.75 Å². The summed E-state index contributed by atoms with van der Waals surface area (Å²) in [6.45, 7) is 1.93. The van der Waals surface area contributed by atoms with Gasteiger partial charge in [0.25, 0.3) is 0 Å². The van der Waals surface area contributed by atoms with Gasteiger partial charge in [-0.25, -0.2) is 4.39 Å². The molecule has 0 aliphatic heterocycles. The number of para-hydroxylation sites is 1. The van der Waals surface area contributed by atoms with Crippen molar-refractivity contribution in [1.29, 1.82) is 0 Å². The van der Waals surface area contributed by atoms with Gasteiger partial charge < -0.3 is 15.4 Å². The number of ether oxygens (including phenoxy) is 1. The second-order valence-electron chi connectivity index (χ2n) is 4.87. The summed E-state index contributed by atoms with van der Waals surface area (Å²) in [6, 6.07) is 14.6. The van der Waals surface area contributed by atoms with Crippen molar-refractivity contribution in [3.05, 3.63) is 59.9 Å². The van der Waals surface area contributed by atoms with Crippen LogP contribution < -0.4 is 15.4 Å². The first-order valence-corrected chi connectivity index (χ1v) is 7.07. The van der Waals surface area contributed by atoms with Crippen molar-refractivity contribution in [2.75, 3.05) is 25.1 Å². The Morgan fingerprint density at radius 1 is 1.14 bits per heavy atom. The molecule has 112 valence electrons. The monoisotopic (exact) mass is 288 g/mol. The van der Waals surface area contributed by atoms with E-state index in [1.165, 1.54) is 6.07 Å². The van der Waals surface area contributed by atoms with Gasteiger partial charge in [0.1, 0.15) is 11.6 Å². The SMILES string of the molecule is COc1cccc(CN(CCCN)c2ccccc2F)c1. The second-order valence-corrected chi connectivity index (χ2v) is 4.87. The molecule has 0 aliphatic rings. The zero-order valence-electron chi connectivity index (χ0n) is 12.3. The summed E-state index contributed by atoms with van der Waals surface area (Å²) in [4.78, 5) is 2.01. The summed E-state index contributed by atoms with van der Waals surface area (Å²) >= 11 is 0. The Balaban J connectivity index is 2.21. The molecule has 4 heteroatoms. The molecule has 0 aromatic heterocycles. The number of nitrogens with zero attached hydrogens (tertiary/aromatic N) is 1. The van der Waals surface area contributed by atoms with Crippen molar-refractivity contribution in [2.24, 2.45) is 5.73 Å². The highest BCUT2D eigenvalue weighted by Gasteiger charge is 2.11. The van der Waals surface area contributed by atoms with Gasteiger partial charge in [0.2, 0.25) is 0 Å². The Labute approximate surface area is 125 Å². The summed E-state index contributed by atoms with van der Waals surface area (Å²) in [5.41, 5.74) is 7.28. The standard InChI is InChI=1S/C17H21FN2O/c1-21-15-7-4-6-14(12-15)13-20(11-5-10-19)17-9-3-2-8-16(17)18/h2-4,6-9,12H,5,10-11,13,19H2,1H3. The number of halogens is 1. The van der Waals surface area contributed by atoms with E-state index < -0.39 is 0 Å². The van der Waals surface area contributed by atoms with Crippen molar-refractivity contribution < 1.29 is 9.13 Å². The molecule has 0 saturated heterocycles. The number of hydrogen-bond donors (Lipinski definition) is 1. The van der Waals surface area contributed by atoms with E-state index >= 15 is 0 Å². The molecule has 0 heterocycles. The van der Waals surface area contributed by atoms with Gasteiger partial charge in [0.05, 0.1) is 12.8 Å². The fourth-order valence-electron chi connectivity index (χ4n) is 2.27. The minimum absolute atomic E-state index is 0.211. The molecule has 0 unspecified atom stereocenters. The molecule has 0 aliphatic carbocycles. The van der Waals surface area contributed by atoms with E-state index in [9.17, 15) is 4.39 Å². The highest BCUT2D eigenvalue weighted by Crippen LogP contribution is 2.22. The van der Waals surface area contributed by atoms with Crippen LogP contribution in [0.25, 0.3) is 0 Å². The van der Waals surface area contributed by atoms with E-state index in [0.29, 0.717) is 25.3 Å². The van der Waals surface area contributed by atoms with Gasteiger partial charge in [-0.05, 0) is 42.8 Å². The molecule has 0 fully saturated rings. The zero-order chi connectivity index (χ0) is 15.1. The lowest BCUT2D eigenvalue weighted by molar-refractivity contribution is 0.414. The highest BCUT2D eigenvalue weighted by molar-refractivity contribution is 5.48. The van der Waals surface area contributed by atoms with Crippen LogP contribution in [0.1, 0.15) is 12.0 Å². The van der Waals surface area contributed by atoms with Gasteiger partial charge in [0, 0.05) is 13.1 Å². The number of methoxy groups -OCH3 is 1.